The van der Waals surface area contributed by atoms with Gasteiger partial charge >= 0.3 is 5.97 Å². The summed E-state index contributed by atoms with van der Waals surface area (Å²) in [6.07, 6.45) is 1.55. The Bertz CT molecular complexity index is 980. The largest absolute Gasteiger partial charge is 0.490 e. The molecular formula is C23H24N2O4S. The first-order valence-corrected chi connectivity index (χ1v) is 10.3. The van der Waals surface area contributed by atoms with Gasteiger partial charge in [0.2, 0.25) is 5.72 Å². The van der Waals surface area contributed by atoms with Crippen LogP contribution in [0.4, 0.5) is 5.69 Å². The highest BCUT2D eigenvalue weighted by Gasteiger charge is 2.60. The number of hydrogen-bond acceptors (Lipinski definition) is 5. The Morgan fingerprint density at radius 2 is 2.07 bits per heavy atom. The van der Waals surface area contributed by atoms with Gasteiger partial charge in [0, 0.05) is 11.3 Å². The Morgan fingerprint density at radius 1 is 1.30 bits per heavy atom. The van der Waals surface area contributed by atoms with Crippen LogP contribution >= 0.6 is 12.2 Å². The van der Waals surface area contributed by atoms with E-state index in [0.717, 1.165) is 11.3 Å². The zero-order valence-corrected chi connectivity index (χ0v) is 17.8. The van der Waals surface area contributed by atoms with Gasteiger partial charge in [0.25, 0.3) is 0 Å². The number of esters is 1. The molecule has 3 atom stereocenters. The van der Waals surface area contributed by atoms with Crippen LogP contribution < -0.4 is 19.7 Å². The molecule has 3 unspecified atom stereocenters. The van der Waals surface area contributed by atoms with Crippen molar-refractivity contribution < 1.29 is 19.0 Å². The number of benzene rings is 2. The van der Waals surface area contributed by atoms with Gasteiger partial charge in [-0.05, 0) is 44.3 Å². The lowest BCUT2D eigenvalue weighted by Crippen LogP contribution is -2.71. The van der Waals surface area contributed by atoms with Gasteiger partial charge in [-0.2, -0.15) is 0 Å². The fraction of sp³-hybridized carbons (Fsp3) is 0.304. The average Bonchev–Trinajstić information content (AvgIpc) is 2.73. The standard InChI is InChI=1S/C23H24N2O4S/c1-4-14-28-21(26)18-19-16-12-9-13-17(27-5-2)20(16)29-23(18,3)25(22(30)24-19)15-10-7-6-8-11-15/h4,6-13,18-19H,1,5,14H2,2-3H3,(H,24,30). The molecule has 7 heteroatoms. The van der Waals surface area contributed by atoms with Crippen LogP contribution in [-0.2, 0) is 9.53 Å². The summed E-state index contributed by atoms with van der Waals surface area (Å²) in [6, 6.07) is 14.9. The molecule has 156 valence electrons. The monoisotopic (exact) mass is 424 g/mol. The van der Waals surface area contributed by atoms with Crippen molar-refractivity contribution >= 4 is 29.0 Å². The summed E-state index contributed by atoms with van der Waals surface area (Å²) < 4.78 is 17.8. The first-order valence-electron chi connectivity index (χ1n) is 9.89. The van der Waals surface area contributed by atoms with Crippen LogP contribution in [0.25, 0.3) is 0 Å². The molecule has 2 aromatic rings. The second-order valence-electron chi connectivity index (χ2n) is 7.26. The van der Waals surface area contributed by atoms with Crippen LogP contribution in [0.5, 0.6) is 11.5 Å². The molecule has 2 aliphatic rings. The number of ether oxygens (including phenoxy) is 3. The highest BCUT2D eigenvalue weighted by molar-refractivity contribution is 7.80. The van der Waals surface area contributed by atoms with E-state index in [1.807, 2.05) is 67.3 Å². The summed E-state index contributed by atoms with van der Waals surface area (Å²) in [4.78, 5) is 15.0. The maximum atomic E-state index is 13.2. The van der Waals surface area contributed by atoms with Gasteiger partial charge in [-0.3, -0.25) is 9.69 Å². The molecule has 1 saturated heterocycles. The lowest BCUT2D eigenvalue weighted by atomic mass is 9.79. The minimum Gasteiger partial charge on any atom is -0.490 e. The molecule has 2 aliphatic heterocycles. The molecule has 2 aromatic carbocycles. The summed E-state index contributed by atoms with van der Waals surface area (Å²) in [5.74, 6) is 0.182. The Labute approximate surface area is 181 Å². The Hall–Kier alpha value is -3.06. The van der Waals surface area contributed by atoms with Crippen LogP contribution in [0.1, 0.15) is 25.5 Å². The summed E-state index contributed by atoms with van der Waals surface area (Å²) >= 11 is 5.71. The third-order valence-corrected chi connectivity index (χ3v) is 5.70. The quantitative estimate of drug-likeness (QED) is 0.428. The van der Waals surface area contributed by atoms with E-state index in [1.54, 1.807) is 6.08 Å². The average molecular weight is 425 g/mol. The minimum absolute atomic E-state index is 0.125. The Balaban J connectivity index is 1.88. The highest BCUT2D eigenvalue weighted by atomic mass is 32.1. The van der Waals surface area contributed by atoms with Crippen molar-refractivity contribution in [2.75, 3.05) is 18.1 Å². The lowest BCUT2D eigenvalue weighted by Gasteiger charge is -2.55. The number of nitrogens with zero attached hydrogens (tertiary/aromatic N) is 1. The first kappa shape index (κ1) is 20.2. The third kappa shape index (κ3) is 3.19. The summed E-state index contributed by atoms with van der Waals surface area (Å²) in [5.41, 5.74) is 0.510. The zero-order valence-electron chi connectivity index (χ0n) is 17.0. The molecule has 1 fully saturated rings. The van der Waals surface area contributed by atoms with Gasteiger partial charge in [0.05, 0.1) is 12.6 Å². The third-order valence-electron chi connectivity index (χ3n) is 5.40. The van der Waals surface area contributed by atoms with Crippen molar-refractivity contribution in [2.24, 2.45) is 5.92 Å². The molecule has 0 spiro atoms. The Morgan fingerprint density at radius 3 is 2.77 bits per heavy atom. The number of carbonyl (C=O) groups excluding carboxylic acids is 1. The number of thiocarbonyl (C=S) groups is 1. The van der Waals surface area contributed by atoms with Gasteiger partial charge < -0.3 is 19.5 Å². The van der Waals surface area contributed by atoms with Crippen LogP contribution in [0.15, 0.2) is 61.2 Å². The zero-order chi connectivity index (χ0) is 21.3. The van der Waals surface area contributed by atoms with Gasteiger partial charge in [-0.1, -0.05) is 43.0 Å². The summed E-state index contributed by atoms with van der Waals surface area (Å²) in [7, 11) is 0. The number of hydrogen-bond donors (Lipinski definition) is 1. The van der Waals surface area contributed by atoms with E-state index in [9.17, 15) is 4.79 Å². The molecule has 0 aliphatic carbocycles. The van der Waals surface area contributed by atoms with E-state index in [-0.39, 0.29) is 12.6 Å². The van der Waals surface area contributed by atoms with Crippen LogP contribution in [-0.4, -0.2) is 30.0 Å². The normalized spacial score (nSPS) is 24.2. The molecule has 0 aromatic heterocycles. The summed E-state index contributed by atoms with van der Waals surface area (Å²) in [6.45, 7) is 8.05. The molecule has 4 rings (SSSR count). The summed E-state index contributed by atoms with van der Waals surface area (Å²) in [5, 5.41) is 3.83. The van der Waals surface area contributed by atoms with E-state index in [0.29, 0.717) is 23.2 Å². The fourth-order valence-electron chi connectivity index (χ4n) is 4.20. The molecule has 2 bridgehead atoms. The van der Waals surface area contributed by atoms with Gasteiger partial charge in [-0.15, -0.1) is 0 Å². The van der Waals surface area contributed by atoms with Gasteiger partial charge in [0.1, 0.15) is 12.5 Å². The molecule has 2 heterocycles. The number of para-hydroxylation sites is 2. The topological polar surface area (TPSA) is 60.0 Å². The predicted octanol–water partition coefficient (Wildman–Crippen LogP) is 3.98. The van der Waals surface area contributed by atoms with Crippen molar-refractivity contribution in [3.63, 3.8) is 0 Å². The maximum Gasteiger partial charge on any atom is 0.317 e. The van der Waals surface area contributed by atoms with E-state index >= 15 is 0 Å². The van der Waals surface area contributed by atoms with E-state index in [1.165, 1.54) is 0 Å². The lowest BCUT2D eigenvalue weighted by molar-refractivity contribution is -0.159. The van der Waals surface area contributed by atoms with Crippen LogP contribution in [0.3, 0.4) is 0 Å². The molecular weight excluding hydrogens is 400 g/mol. The number of nitrogens with one attached hydrogen (secondary N) is 1. The van der Waals surface area contributed by atoms with Crippen molar-refractivity contribution in [3.05, 3.63) is 66.7 Å². The first-order chi connectivity index (χ1) is 14.5. The molecule has 30 heavy (non-hydrogen) atoms. The number of anilines is 1. The predicted molar refractivity (Wildman–Crippen MR) is 119 cm³/mol. The van der Waals surface area contributed by atoms with Crippen LogP contribution in [0.2, 0.25) is 0 Å². The second kappa shape index (κ2) is 7.99. The van der Waals surface area contributed by atoms with E-state index in [2.05, 4.69) is 11.9 Å². The van der Waals surface area contributed by atoms with E-state index in [4.69, 9.17) is 26.4 Å². The molecule has 0 amide bonds. The highest BCUT2D eigenvalue weighted by Crippen LogP contribution is 2.52. The molecule has 1 N–H and O–H groups in total. The van der Waals surface area contributed by atoms with Crippen LogP contribution in [0, 0.1) is 5.92 Å². The van der Waals surface area contributed by atoms with Gasteiger partial charge in [-0.25, -0.2) is 0 Å². The molecule has 0 radical (unpaired) electrons. The smallest absolute Gasteiger partial charge is 0.317 e. The maximum absolute atomic E-state index is 13.2. The van der Waals surface area contributed by atoms with Crippen molar-refractivity contribution in [1.82, 2.24) is 5.32 Å². The van der Waals surface area contributed by atoms with E-state index < -0.39 is 17.7 Å². The number of carbonyl (C=O) groups is 1. The fourth-order valence-corrected chi connectivity index (χ4v) is 4.61. The second-order valence-corrected chi connectivity index (χ2v) is 7.65. The molecule has 0 saturated carbocycles. The van der Waals surface area contributed by atoms with Gasteiger partial charge in [0.15, 0.2) is 16.6 Å². The number of fused-ring (bicyclic) bond motifs is 4. The van der Waals surface area contributed by atoms with Crippen molar-refractivity contribution in [1.29, 1.82) is 0 Å². The molecule has 6 nitrogen and oxygen atoms in total. The number of rotatable bonds is 6. The minimum atomic E-state index is -1.12. The Kier molecular flexibility index (Phi) is 5.39. The van der Waals surface area contributed by atoms with Crippen molar-refractivity contribution in [2.45, 2.75) is 25.6 Å². The SMILES string of the molecule is C=CCOC(=O)C1C2NC(=S)N(c3ccccc3)C1(C)Oc1c(OCC)cccc12. The van der Waals surface area contributed by atoms with Crippen molar-refractivity contribution in [3.8, 4) is 11.5 Å².